The van der Waals surface area contributed by atoms with Gasteiger partial charge in [0.1, 0.15) is 12.1 Å². The smallest absolute Gasteiger partial charge is 0.326 e. The van der Waals surface area contributed by atoms with E-state index in [2.05, 4.69) is 15.5 Å². The van der Waals surface area contributed by atoms with Gasteiger partial charge < -0.3 is 35.8 Å². The third-order valence-electron chi connectivity index (χ3n) is 4.50. The molecule has 1 aromatic heterocycles. The fourth-order valence-electron chi connectivity index (χ4n) is 2.97. The number of likely N-dealkylation sites (tertiary alicyclic amines) is 1. The topological polar surface area (TPSA) is 209 Å². The summed E-state index contributed by atoms with van der Waals surface area (Å²) in [7, 11) is 0. The van der Waals surface area contributed by atoms with Gasteiger partial charge in [0, 0.05) is 19.4 Å². The Labute approximate surface area is 164 Å². The summed E-state index contributed by atoms with van der Waals surface area (Å²) in [5, 5.41) is 33.1. The van der Waals surface area contributed by atoms with Gasteiger partial charge in [0.25, 0.3) is 0 Å². The zero-order valence-electron chi connectivity index (χ0n) is 15.5. The van der Waals surface area contributed by atoms with Crippen molar-refractivity contribution in [2.24, 2.45) is 5.73 Å². The lowest BCUT2D eigenvalue weighted by Crippen LogP contribution is -2.47. The van der Waals surface area contributed by atoms with E-state index in [9.17, 15) is 24.3 Å². The first-order valence-corrected chi connectivity index (χ1v) is 9.01. The van der Waals surface area contributed by atoms with Crippen LogP contribution < -0.4 is 11.1 Å². The number of carbonyl (C=O) groups is 4. The number of nitrogens with two attached hydrogens (primary N) is 1. The minimum atomic E-state index is -1.12. The van der Waals surface area contributed by atoms with Gasteiger partial charge in [-0.3, -0.25) is 9.59 Å². The van der Waals surface area contributed by atoms with E-state index >= 15 is 0 Å². The average Bonchev–Trinajstić information content (AvgIpc) is 3.32. The van der Waals surface area contributed by atoms with Crippen LogP contribution in [-0.4, -0.2) is 66.9 Å². The number of nitrogens with zero attached hydrogens (tertiary/aromatic N) is 3. The van der Waals surface area contributed by atoms with E-state index in [0.717, 1.165) is 4.90 Å². The molecule has 1 aliphatic heterocycles. The molecule has 3 atom stereocenters. The van der Waals surface area contributed by atoms with Crippen molar-refractivity contribution in [1.29, 1.82) is 0 Å². The van der Waals surface area contributed by atoms with E-state index in [-0.39, 0.29) is 43.9 Å². The summed E-state index contributed by atoms with van der Waals surface area (Å²) in [6, 6.07) is -3.42. The lowest BCUT2D eigenvalue weighted by molar-refractivity contribution is -0.141. The highest BCUT2D eigenvalue weighted by Gasteiger charge is 2.35. The second kappa shape index (κ2) is 9.82. The lowest BCUT2D eigenvalue weighted by atomic mass is 10.1. The Balaban J connectivity index is 2.11. The summed E-state index contributed by atoms with van der Waals surface area (Å²) in [4.78, 5) is 50.6. The Morgan fingerprint density at radius 3 is 2.45 bits per heavy atom. The molecule has 2 heterocycles. The summed E-state index contributed by atoms with van der Waals surface area (Å²) in [6.07, 6.45) is 0.345. The summed E-state index contributed by atoms with van der Waals surface area (Å²) >= 11 is 0. The molecule has 0 spiro atoms. The summed E-state index contributed by atoms with van der Waals surface area (Å²) < 4.78 is 5.09. The molecule has 1 unspecified atom stereocenters. The molecule has 0 aliphatic carbocycles. The van der Waals surface area contributed by atoms with Gasteiger partial charge in [-0.15, -0.1) is 0 Å². The van der Waals surface area contributed by atoms with Crippen LogP contribution in [0.3, 0.4) is 0 Å². The van der Waals surface area contributed by atoms with Crippen molar-refractivity contribution >= 4 is 23.9 Å². The number of aromatic nitrogens is 2. The number of nitrogens with one attached hydrogen (secondary N) is 1. The van der Waals surface area contributed by atoms with Gasteiger partial charge in [0.2, 0.25) is 5.89 Å². The first kappa shape index (κ1) is 22.1. The van der Waals surface area contributed by atoms with Gasteiger partial charge in [-0.05, 0) is 25.7 Å². The predicted octanol–water partition coefficient (Wildman–Crippen LogP) is 0.0987. The molecular formula is C16H23N5O8. The van der Waals surface area contributed by atoms with Crippen molar-refractivity contribution < 1.29 is 39.0 Å². The Morgan fingerprint density at radius 2 is 1.83 bits per heavy atom. The molecule has 0 bridgehead atoms. The van der Waals surface area contributed by atoms with Crippen LogP contribution in [-0.2, 0) is 14.4 Å². The van der Waals surface area contributed by atoms with Gasteiger partial charge in [-0.25, -0.2) is 9.59 Å². The fourth-order valence-corrected chi connectivity index (χ4v) is 2.97. The molecule has 0 aromatic carbocycles. The molecule has 13 nitrogen and oxygen atoms in total. The van der Waals surface area contributed by atoms with Crippen LogP contribution in [0, 0.1) is 0 Å². The third kappa shape index (κ3) is 6.14. The zero-order valence-corrected chi connectivity index (χ0v) is 15.5. The molecule has 1 fully saturated rings. The summed E-state index contributed by atoms with van der Waals surface area (Å²) in [6.45, 7) is 0.254. The van der Waals surface area contributed by atoms with Crippen LogP contribution in [0.5, 0.6) is 0 Å². The zero-order chi connectivity index (χ0) is 21.6. The first-order chi connectivity index (χ1) is 13.7. The number of rotatable bonds is 10. The molecule has 1 aliphatic rings. The van der Waals surface area contributed by atoms with Gasteiger partial charge in [-0.1, -0.05) is 5.16 Å². The van der Waals surface area contributed by atoms with Gasteiger partial charge >= 0.3 is 23.9 Å². The standard InChI is InChI=1S/C16H23N5O8/c17-8(3-5-11(22)23)13-19-14(29-20-13)9(4-6-12(24)25)18-16(28)21-7-1-2-10(21)15(26)27/h8-10H,1-7,17H2,(H,18,28)(H,22,23)(H,24,25)(H,26,27)/t8-,9-,10?/m0/s1. The molecule has 0 saturated carbocycles. The maximum absolute atomic E-state index is 12.5. The van der Waals surface area contributed by atoms with E-state index in [4.69, 9.17) is 20.5 Å². The van der Waals surface area contributed by atoms with Crippen molar-refractivity contribution in [3.8, 4) is 0 Å². The number of hydrogen-bond donors (Lipinski definition) is 5. The molecule has 2 rings (SSSR count). The van der Waals surface area contributed by atoms with Crippen molar-refractivity contribution in [3.05, 3.63) is 11.7 Å². The molecule has 0 radical (unpaired) electrons. The molecular weight excluding hydrogens is 390 g/mol. The van der Waals surface area contributed by atoms with Gasteiger partial charge in [0.15, 0.2) is 5.82 Å². The monoisotopic (exact) mass is 413 g/mol. The van der Waals surface area contributed by atoms with Crippen molar-refractivity contribution in [3.63, 3.8) is 0 Å². The van der Waals surface area contributed by atoms with Crippen LogP contribution in [0.15, 0.2) is 4.52 Å². The van der Waals surface area contributed by atoms with Crippen molar-refractivity contribution in [2.75, 3.05) is 6.54 Å². The molecule has 13 heteroatoms. The number of carbonyl (C=O) groups excluding carboxylic acids is 1. The predicted molar refractivity (Wildman–Crippen MR) is 93.6 cm³/mol. The molecule has 2 amide bonds. The maximum Gasteiger partial charge on any atom is 0.326 e. The fraction of sp³-hybridized carbons (Fsp3) is 0.625. The number of urea groups is 1. The van der Waals surface area contributed by atoms with Crippen LogP contribution in [0.1, 0.15) is 62.3 Å². The van der Waals surface area contributed by atoms with Gasteiger partial charge in [-0.2, -0.15) is 4.98 Å². The molecule has 1 aromatic rings. The van der Waals surface area contributed by atoms with Gasteiger partial charge in [0.05, 0.1) is 6.04 Å². The number of aliphatic carboxylic acids is 3. The van der Waals surface area contributed by atoms with Crippen LogP contribution in [0.2, 0.25) is 0 Å². The second-order valence-electron chi connectivity index (χ2n) is 6.65. The number of carboxylic acids is 3. The number of carboxylic acid groups (broad SMARTS) is 3. The summed E-state index contributed by atoms with van der Waals surface area (Å²) in [5.41, 5.74) is 5.83. The average molecular weight is 413 g/mol. The SMILES string of the molecule is N[C@@H](CCC(=O)O)c1noc([C@H](CCC(=O)O)NC(=O)N2CCCC2C(=O)O)n1. The Hall–Kier alpha value is -3.22. The highest BCUT2D eigenvalue weighted by Crippen LogP contribution is 2.23. The number of amides is 2. The van der Waals surface area contributed by atoms with E-state index < -0.39 is 42.1 Å². The molecule has 29 heavy (non-hydrogen) atoms. The maximum atomic E-state index is 12.5. The highest BCUT2D eigenvalue weighted by molar-refractivity contribution is 5.83. The summed E-state index contributed by atoms with van der Waals surface area (Å²) in [5.74, 6) is -3.32. The molecule has 160 valence electrons. The van der Waals surface area contributed by atoms with E-state index in [1.807, 2.05) is 0 Å². The largest absolute Gasteiger partial charge is 0.481 e. The Bertz CT molecular complexity index is 766. The second-order valence-corrected chi connectivity index (χ2v) is 6.65. The normalized spacial score (nSPS) is 18.2. The Morgan fingerprint density at radius 1 is 1.17 bits per heavy atom. The van der Waals surface area contributed by atoms with Crippen LogP contribution in [0.25, 0.3) is 0 Å². The van der Waals surface area contributed by atoms with E-state index in [0.29, 0.717) is 12.8 Å². The van der Waals surface area contributed by atoms with Crippen LogP contribution in [0.4, 0.5) is 4.79 Å². The van der Waals surface area contributed by atoms with Crippen molar-refractivity contribution in [2.45, 2.75) is 56.7 Å². The van der Waals surface area contributed by atoms with Crippen molar-refractivity contribution in [1.82, 2.24) is 20.4 Å². The van der Waals surface area contributed by atoms with E-state index in [1.165, 1.54) is 0 Å². The number of hydrogen-bond acceptors (Lipinski definition) is 8. The lowest BCUT2D eigenvalue weighted by Gasteiger charge is -2.24. The quantitative estimate of drug-likeness (QED) is 0.347. The third-order valence-corrected chi connectivity index (χ3v) is 4.50. The minimum Gasteiger partial charge on any atom is -0.481 e. The Kier molecular flexibility index (Phi) is 7.47. The molecule has 6 N–H and O–H groups in total. The molecule has 1 saturated heterocycles. The minimum absolute atomic E-state index is 0.0282. The first-order valence-electron chi connectivity index (χ1n) is 9.01. The highest BCUT2D eigenvalue weighted by atomic mass is 16.5. The van der Waals surface area contributed by atoms with Crippen LogP contribution >= 0.6 is 0 Å². The van der Waals surface area contributed by atoms with E-state index in [1.54, 1.807) is 0 Å².